The molecule has 0 N–H and O–H groups in total. The van der Waals surface area contributed by atoms with Crippen LogP contribution in [0.1, 0.15) is 0 Å². The van der Waals surface area contributed by atoms with Crippen LogP contribution >= 0.6 is 0 Å². The summed E-state index contributed by atoms with van der Waals surface area (Å²) in [6, 6.07) is 3.20. The molecule has 1 atom stereocenters. The van der Waals surface area contributed by atoms with Crippen LogP contribution in [0, 0.1) is 0 Å². The van der Waals surface area contributed by atoms with E-state index in [1.165, 1.54) is 18.6 Å². The SMILES string of the molecule is [B]c1ccc(S(=O)c2ncc([B])cn2)nc1. The van der Waals surface area contributed by atoms with Crippen LogP contribution in [0.15, 0.2) is 40.9 Å². The van der Waals surface area contributed by atoms with Crippen molar-refractivity contribution in [3.05, 3.63) is 30.7 Å². The van der Waals surface area contributed by atoms with E-state index in [4.69, 9.17) is 15.7 Å². The minimum atomic E-state index is -1.51. The molecule has 1 unspecified atom stereocenters. The smallest absolute Gasteiger partial charge is 0.224 e. The van der Waals surface area contributed by atoms with Crippen LogP contribution in [0.2, 0.25) is 0 Å². The fraction of sp³-hybridized carbons (Fsp3) is 0. The monoisotopic (exact) mass is 225 g/mol. The molecule has 0 aliphatic heterocycles. The predicted octanol–water partition coefficient (Wildman–Crippen LogP) is -1.37. The molecule has 74 valence electrons. The topological polar surface area (TPSA) is 55.7 Å². The van der Waals surface area contributed by atoms with E-state index in [0.717, 1.165) is 0 Å². The second kappa shape index (κ2) is 4.57. The van der Waals surface area contributed by atoms with E-state index in [0.29, 0.717) is 16.0 Å². The fourth-order valence-corrected chi connectivity index (χ4v) is 1.84. The summed E-state index contributed by atoms with van der Waals surface area (Å²) in [6.45, 7) is 0. The minimum Gasteiger partial charge on any atom is -0.247 e. The van der Waals surface area contributed by atoms with Crippen molar-refractivity contribution < 1.29 is 4.21 Å². The number of hydrogen-bond donors (Lipinski definition) is 0. The van der Waals surface area contributed by atoms with E-state index in [1.54, 1.807) is 12.1 Å². The van der Waals surface area contributed by atoms with Crippen molar-refractivity contribution >= 4 is 37.4 Å². The molecular weight excluding hydrogens is 220 g/mol. The molecular formula is C9H5B2N3OS. The van der Waals surface area contributed by atoms with Crippen molar-refractivity contribution in [3.63, 3.8) is 0 Å². The Morgan fingerprint density at radius 1 is 0.938 bits per heavy atom. The maximum absolute atomic E-state index is 11.9. The van der Waals surface area contributed by atoms with Crippen LogP contribution in [-0.4, -0.2) is 34.9 Å². The van der Waals surface area contributed by atoms with E-state index in [2.05, 4.69) is 15.0 Å². The van der Waals surface area contributed by atoms with Crippen molar-refractivity contribution in [1.82, 2.24) is 15.0 Å². The molecule has 2 aromatic rings. The van der Waals surface area contributed by atoms with Gasteiger partial charge in [-0.2, -0.15) is 0 Å². The molecule has 4 nitrogen and oxygen atoms in total. The van der Waals surface area contributed by atoms with Crippen LogP contribution in [-0.2, 0) is 10.8 Å². The highest BCUT2D eigenvalue weighted by molar-refractivity contribution is 7.84. The zero-order valence-electron chi connectivity index (χ0n) is 8.20. The van der Waals surface area contributed by atoms with Gasteiger partial charge < -0.3 is 0 Å². The molecule has 0 aliphatic rings. The van der Waals surface area contributed by atoms with Crippen molar-refractivity contribution in [2.45, 2.75) is 10.2 Å². The standard InChI is InChI=1S/C9H5B2N3OS/c10-6-1-2-8(12-3-6)16(15)9-13-4-7(11)5-14-9/h1-5H. The maximum atomic E-state index is 11.9. The molecule has 0 bridgehead atoms. The summed E-state index contributed by atoms with van der Waals surface area (Å²) < 4.78 is 11.9. The first-order valence-electron chi connectivity index (χ1n) is 4.37. The van der Waals surface area contributed by atoms with Gasteiger partial charge in [0.05, 0.1) is 0 Å². The van der Waals surface area contributed by atoms with Gasteiger partial charge in [0.2, 0.25) is 5.16 Å². The summed E-state index contributed by atoms with van der Waals surface area (Å²) in [5, 5.41) is 0.533. The fourth-order valence-electron chi connectivity index (χ4n) is 1.02. The molecule has 0 fully saturated rings. The van der Waals surface area contributed by atoms with Gasteiger partial charge in [0.1, 0.15) is 31.5 Å². The number of aromatic nitrogens is 3. The minimum absolute atomic E-state index is 0.173. The quantitative estimate of drug-likeness (QED) is 0.467. The second-order valence-corrected chi connectivity index (χ2v) is 4.32. The molecule has 0 saturated heterocycles. The van der Waals surface area contributed by atoms with Gasteiger partial charge in [-0.15, -0.1) is 0 Å². The van der Waals surface area contributed by atoms with Crippen molar-refractivity contribution in [2.75, 3.05) is 0 Å². The molecule has 0 saturated carbocycles. The Morgan fingerprint density at radius 2 is 1.56 bits per heavy atom. The van der Waals surface area contributed by atoms with Gasteiger partial charge in [0, 0.05) is 18.6 Å². The Labute approximate surface area is 97.8 Å². The molecule has 0 aliphatic carbocycles. The Morgan fingerprint density at radius 3 is 2.12 bits per heavy atom. The Bertz CT molecular complexity index is 468. The molecule has 2 rings (SSSR count). The van der Waals surface area contributed by atoms with Crippen LogP contribution in [0.25, 0.3) is 0 Å². The van der Waals surface area contributed by atoms with Crippen LogP contribution in [0.3, 0.4) is 0 Å². The summed E-state index contributed by atoms with van der Waals surface area (Å²) in [7, 11) is 9.40. The van der Waals surface area contributed by atoms with Crippen molar-refractivity contribution in [2.24, 2.45) is 0 Å². The third-order valence-corrected chi connectivity index (χ3v) is 2.93. The molecule has 0 amide bonds. The highest BCUT2D eigenvalue weighted by Gasteiger charge is 2.10. The highest BCUT2D eigenvalue weighted by atomic mass is 32.2. The van der Waals surface area contributed by atoms with Gasteiger partial charge in [-0.25, -0.2) is 19.2 Å². The summed E-state index contributed by atoms with van der Waals surface area (Å²) in [6.07, 6.45) is 4.24. The van der Waals surface area contributed by atoms with Crippen LogP contribution < -0.4 is 10.9 Å². The van der Waals surface area contributed by atoms with Crippen LogP contribution in [0.5, 0.6) is 0 Å². The molecule has 0 spiro atoms. The van der Waals surface area contributed by atoms with Gasteiger partial charge in [-0.1, -0.05) is 17.0 Å². The van der Waals surface area contributed by atoms with Crippen LogP contribution in [0.4, 0.5) is 0 Å². The average molecular weight is 225 g/mol. The molecule has 2 aromatic heterocycles. The number of rotatable bonds is 2. The number of hydrogen-bond acceptors (Lipinski definition) is 4. The van der Waals surface area contributed by atoms with Crippen molar-refractivity contribution in [3.8, 4) is 0 Å². The van der Waals surface area contributed by atoms with E-state index >= 15 is 0 Å². The van der Waals surface area contributed by atoms with E-state index in [9.17, 15) is 4.21 Å². The molecule has 4 radical (unpaired) electrons. The van der Waals surface area contributed by atoms with E-state index < -0.39 is 10.8 Å². The van der Waals surface area contributed by atoms with Gasteiger partial charge in [0.25, 0.3) is 0 Å². The van der Waals surface area contributed by atoms with Gasteiger partial charge in [-0.05, 0) is 6.07 Å². The lowest BCUT2D eigenvalue weighted by molar-refractivity contribution is 0.673. The summed E-state index contributed by atoms with van der Waals surface area (Å²) >= 11 is 0. The zero-order chi connectivity index (χ0) is 11.5. The third-order valence-electron chi connectivity index (χ3n) is 1.76. The third kappa shape index (κ3) is 2.36. The van der Waals surface area contributed by atoms with Crippen molar-refractivity contribution in [1.29, 1.82) is 0 Å². The lowest BCUT2D eigenvalue weighted by Gasteiger charge is -2.00. The predicted molar refractivity (Wildman–Crippen MR) is 61.7 cm³/mol. The zero-order valence-corrected chi connectivity index (χ0v) is 9.02. The first-order chi connectivity index (χ1) is 7.66. The van der Waals surface area contributed by atoms with E-state index in [-0.39, 0.29) is 5.16 Å². The lowest BCUT2D eigenvalue weighted by atomic mass is 9.99. The Balaban J connectivity index is 2.32. The van der Waals surface area contributed by atoms with E-state index in [1.807, 2.05) is 0 Å². The molecule has 7 heteroatoms. The highest BCUT2D eigenvalue weighted by Crippen LogP contribution is 2.06. The summed E-state index contributed by atoms with van der Waals surface area (Å²) in [4.78, 5) is 11.7. The molecule has 16 heavy (non-hydrogen) atoms. The number of pyridine rings is 1. The second-order valence-electron chi connectivity index (χ2n) is 3.00. The van der Waals surface area contributed by atoms with Gasteiger partial charge in [0.15, 0.2) is 0 Å². The Hall–Kier alpha value is -1.49. The maximum Gasteiger partial charge on any atom is 0.224 e. The summed E-state index contributed by atoms with van der Waals surface area (Å²) in [5.74, 6) is 0. The first kappa shape index (κ1) is 11.0. The molecule has 0 aromatic carbocycles. The van der Waals surface area contributed by atoms with Gasteiger partial charge in [-0.3, -0.25) is 0 Å². The molecule has 2 heterocycles. The normalized spacial score (nSPS) is 12.2. The Kier molecular flexibility index (Phi) is 3.14. The largest absolute Gasteiger partial charge is 0.247 e. The average Bonchev–Trinajstić information content (AvgIpc) is 2.30. The summed E-state index contributed by atoms with van der Waals surface area (Å²) in [5.41, 5.74) is 0.935. The number of nitrogens with zero attached hydrogens (tertiary/aromatic N) is 3. The lowest BCUT2D eigenvalue weighted by Crippen LogP contribution is -2.10. The van der Waals surface area contributed by atoms with Gasteiger partial charge >= 0.3 is 0 Å². The first-order valence-corrected chi connectivity index (χ1v) is 5.52.